The van der Waals surface area contributed by atoms with Crippen molar-refractivity contribution in [3.63, 3.8) is 0 Å². The summed E-state index contributed by atoms with van der Waals surface area (Å²) in [4.78, 5) is 2.44. The van der Waals surface area contributed by atoms with Gasteiger partial charge in [0.05, 0.1) is 0 Å². The molecule has 0 amide bonds. The maximum Gasteiger partial charge on any atom is 0.0159 e. The fourth-order valence-electron chi connectivity index (χ4n) is 1.87. The van der Waals surface area contributed by atoms with Gasteiger partial charge in [0, 0.05) is 18.4 Å². The third-order valence-electron chi connectivity index (χ3n) is 2.51. The molecule has 66 valence electrons. The Morgan fingerprint density at radius 1 is 1.36 bits per heavy atom. The van der Waals surface area contributed by atoms with Crippen LogP contribution in [0.3, 0.4) is 0 Å². The minimum atomic E-state index is 0.999. The van der Waals surface area contributed by atoms with Gasteiger partial charge in [0.2, 0.25) is 0 Å². The van der Waals surface area contributed by atoms with E-state index in [0.717, 1.165) is 11.2 Å². The maximum atomic E-state index is 3.46. The molecule has 1 saturated carbocycles. The molecule has 0 N–H and O–H groups in total. The average Bonchev–Trinajstić information content (AvgIpc) is 2.40. The summed E-state index contributed by atoms with van der Waals surface area (Å²) >= 11 is 3.46. The monoisotopic (exact) mass is 219 g/mol. The molecule has 0 bridgehead atoms. The van der Waals surface area contributed by atoms with Crippen LogP contribution in [0.5, 0.6) is 0 Å². The van der Waals surface area contributed by atoms with Crippen LogP contribution in [0.4, 0.5) is 0 Å². The lowest BCUT2D eigenvalue weighted by atomic mass is 10.1. The maximum absolute atomic E-state index is 3.46. The summed E-state index contributed by atoms with van der Waals surface area (Å²) in [5, 5.41) is 1.11. The van der Waals surface area contributed by atoms with E-state index >= 15 is 0 Å². The zero-order valence-corrected chi connectivity index (χ0v) is 8.94. The van der Waals surface area contributed by atoms with E-state index in [1.807, 2.05) is 0 Å². The van der Waals surface area contributed by atoms with E-state index in [1.54, 1.807) is 0 Å². The topological polar surface area (TPSA) is 3.24 Å². The molecule has 0 atom stereocenters. The molecule has 0 saturated heterocycles. The van der Waals surface area contributed by atoms with Gasteiger partial charge in [0.1, 0.15) is 0 Å². The van der Waals surface area contributed by atoms with Gasteiger partial charge in [0.15, 0.2) is 0 Å². The van der Waals surface area contributed by atoms with Crippen LogP contribution < -0.4 is 0 Å². The Kier molecular flexibility index (Phi) is 4.46. The van der Waals surface area contributed by atoms with Crippen LogP contribution in [-0.4, -0.2) is 30.4 Å². The molecule has 1 aliphatic carbocycles. The van der Waals surface area contributed by atoms with Crippen molar-refractivity contribution >= 4 is 15.9 Å². The van der Waals surface area contributed by atoms with Crippen LogP contribution in [0, 0.1) is 5.92 Å². The fourth-order valence-corrected chi connectivity index (χ4v) is 2.47. The molecule has 0 heterocycles. The fraction of sp³-hybridized carbons (Fsp3) is 1.00. The van der Waals surface area contributed by atoms with E-state index in [9.17, 15) is 0 Å². The van der Waals surface area contributed by atoms with E-state index in [4.69, 9.17) is 0 Å². The third-order valence-corrected chi connectivity index (χ3v) is 2.87. The van der Waals surface area contributed by atoms with Crippen molar-refractivity contribution in [2.24, 2.45) is 5.92 Å². The van der Waals surface area contributed by atoms with Gasteiger partial charge in [0.25, 0.3) is 0 Å². The van der Waals surface area contributed by atoms with E-state index in [0.29, 0.717) is 0 Å². The Labute approximate surface area is 78.3 Å². The molecular formula is C9H18BrN. The first-order valence-corrected chi connectivity index (χ1v) is 5.69. The molecule has 0 aromatic heterocycles. The molecule has 0 aliphatic heterocycles. The Morgan fingerprint density at radius 3 is 2.55 bits per heavy atom. The summed E-state index contributed by atoms with van der Waals surface area (Å²) in [6, 6.07) is 0. The third kappa shape index (κ3) is 3.57. The molecule has 0 spiro atoms. The van der Waals surface area contributed by atoms with E-state index < -0.39 is 0 Å². The highest BCUT2D eigenvalue weighted by Gasteiger charge is 2.15. The predicted octanol–water partition coefficient (Wildman–Crippen LogP) is 2.50. The largest absolute Gasteiger partial charge is 0.305 e. The van der Waals surface area contributed by atoms with Crippen LogP contribution in [0.15, 0.2) is 0 Å². The average molecular weight is 220 g/mol. The van der Waals surface area contributed by atoms with Gasteiger partial charge in [-0.25, -0.2) is 0 Å². The molecule has 0 aromatic carbocycles. The van der Waals surface area contributed by atoms with E-state index in [-0.39, 0.29) is 0 Å². The Bertz CT molecular complexity index is 99.7. The van der Waals surface area contributed by atoms with Gasteiger partial charge in [-0.05, 0) is 25.8 Å². The highest BCUT2D eigenvalue weighted by atomic mass is 79.9. The predicted molar refractivity (Wildman–Crippen MR) is 53.2 cm³/mol. The Morgan fingerprint density at radius 2 is 2.00 bits per heavy atom. The molecule has 1 fully saturated rings. The Hall–Kier alpha value is 0.440. The van der Waals surface area contributed by atoms with Gasteiger partial charge < -0.3 is 4.90 Å². The highest BCUT2D eigenvalue weighted by molar-refractivity contribution is 9.09. The Balaban J connectivity index is 2.08. The lowest BCUT2D eigenvalue weighted by Crippen LogP contribution is -2.26. The van der Waals surface area contributed by atoms with Gasteiger partial charge >= 0.3 is 0 Å². The highest BCUT2D eigenvalue weighted by Crippen LogP contribution is 2.24. The minimum Gasteiger partial charge on any atom is -0.305 e. The standard InChI is InChI=1S/C9H18BrN/c1-11(7-6-10)8-9-4-2-3-5-9/h9H,2-8H2,1H3. The summed E-state index contributed by atoms with van der Waals surface area (Å²) in [5.41, 5.74) is 0. The molecule has 1 nitrogen and oxygen atoms in total. The SMILES string of the molecule is CN(CCBr)CC1CCCC1. The summed E-state index contributed by atoms with van der Waals surface area (Å²) in [7, 11) is 2.22. The number of nitrogens with zero attached hydrogens (tertiary/aromatic N) is 1. The van der Waals surface area contributed by atoms with Gasteiger partial charge in [-0.2, -0.15) is 0 Å². The van der Waals surface area contributed by atoms with Crippen molar-refractivity contribution in [2.75, 3.05) is 25.5 Å². The van der Waals surface area contributed by atoms with Crippen molar-refractivity contribution in [3.05, 3.63) is 0 Å². The number of rotatable bonds is 4. The number of halogens is 1. The smallest absolute Gasteiger partial charge is 0.0159 e. The molecular weight excluding hydrogens is 202 g/mol. The van der Waals surface area contributed by atoms with Crippen LogP contribution in [0.1, 0.15) is 25.7 Å². The summed E-state index contributed by atoms with van der Waals surface area (Å²) in [5.74, 6) is 0.999. The van der Waals surface area contributed by atoms with Crippen molar-refractivity contribution in [1.82, 2.24) is 4.90 Å². The summed E-state index contributed by atoms with van der Waals surface area (Å²) in [6.45, 7) is 2.50. The van der Waals surface area contributed by atoms with E-state index in [1.165, 1.54) is 38.8 Å². The van der Waals surface area contributed by atoms with Crippen LogP contribution in [0.2, 0.25) is 0 Å². The molecule has 0 aromatic rings. The number of alkyl halides is 1. The number of hydrogen-bond acceptors (Lipinski definition) is 1. The number of hydrogen-bond donors (Lipinski definition) is 0. The zero-order valence-electron chi connectivity index (χ0n) is 7.35. The molecule has 2 heteroatoms. The van der Waals surface area contributed by atoms with Gasteiger partial charge in [-0.3, -0.25) is 0 Å². The van der Waals surface area contributed by atoms with Crippen molar-refractivity contribution in [2.45, 2.75) is 25.7 Å². The van der Waals surface area contributed by atoms with Crippen molar-refractivity contribution in [3.8, 4) is 0 Å². The second kappa shape index (κ2) is 5.15. The van der Waals surface area contributed by atoms with Crippen LogP contribution in [0.25, 0.3) is 0 Å². The second-order valence-corrected chi connectivity index (χ2v) is 4.39. The first-order chi connectivity index (χ1) is 5.33. The zero-order chi connectivity index (χ0) is 8.10. The molecule has 1 aliphatic rings. The van der Waals surface area contributed by atoms with Crippen LogP contribution >= 0.6 is 15.9 Å². The lowest BCUT2D eigenvalue weighted by molar-refractivity contribution is 0.293. The molecule has 1 rings (SSSR count). The summed E-state index contributed by atoms with van der Waals surface area (Å²) in [6.07, 6.45) is 5.86. The van der Waals surface area contributed by atoms with Crippen LogP contribution in [-0.2, 0) is 0 Å². The van der Waals surface area contributed by atoms with Gasteiger partial charge in [-0.1, -0.05) is 28.8 Å². The molecule has 0 radical (unpaired) electrons. The first-order valence-electron chi connectivity index (χ1n) is 4.57. The minimum absolute atomic E-state index is 0.999. The normalized spacial score (nSPS) is 19.9. The molecule has 0 unspecified atom stereocenters. The van der Waals surface area contributed by atoms with E-state index in [2.05, 4.69) is 27.9 Å². The van der Waals surface area contributed by atoms with Crippen molar-refractivity contribution in [1.29, 1.82) is 0 Å². The van der Waals surface area contributed by atoms with Gasteiger partial charge in [-0.15, -0.1) is 0 Å². The molecule has 11 heavy (non-hydrogen) atoms. The summed E-state index contributed by atoms with van der Waals surface area (Å²) < 4.78 is 0. The van der Waals surface area contributed by atoms with Crippen molar-refractivity contribution < 1.29 is 0 Å². The lowest BCUT2D eigenvalue weighted by Gasteiger charge is -2.19. The first kappa shape index (κ1) is 9.53. The quantitative estimate of drug-likeness (QED) is 0.658. The second-order valence-electron chi connectivity index (χ2n) is 3.60.